The van der Waals surface area contributed by atoms with E-state index < -0.39 is 5.97 Å². The molecule has 26 heavy (non-hydrogen) atoms. The molecule has 3 aromatic heterocycles. The van der Waals surface area contributed by atoms with E-state index in [2.05, 4.69) is 26.9 Å². The molecule has 0 saturated carbocycles. The largest absolute Gasteiger partial charge is 0.478 e. The first kappa shape index (κ1) is 16.5. The summed E-state index contributed by atoms with van der Waals surface area (Å²) >= 11 is 0. The van der Waals surface area contributed by atoms with Crippen LogP contribution in [0.25, 0.3) is 5.65 Å². The molecule has 1 saturated heterocycles. The lowest BCUT2D eigenvalue weighted by molar-refractivity contribution is 0.0696. The highest BCUT2D eigenvalue weighted by atomic mass is 16.4. The Hall–Kier alpha value is -2.96. The zero-order valence-corrected chi connectivity index (χ0v) is 14.9. The molecule has 0 amide bonds. The number of hydrogen-bond acceptors (Lipinski definition) is 5. The number of carboxylic acid groups (broad SMARTS) is 1. The van der Waals surface area contributed by atoms with Gasteiger partial charge in [-0.2, -0.15) is 9.61 Å². The quantitative estimate of drug-likeness (QED) is 0.777. The van der Waals surface area contributed by atoms with Gasteiger partial charge in [0.15, 0.2) is 5.65 Å². The Morgan fingerprint density at radius 1 is 1.35 bits per heavy atom. The van der Waals surface area contributed by atoms with Gasteiger partial charge in [-0.15, -0.1) is 0 Å². The number of carboxylic acids is 1. The Labute approximate surface area is 151 Å². The van der Waals surface area contributed by atoms with Crippen molar-refractivity contribution in [3.63, 3.8) is 0 Å². The van der Waals surface area contributed by atoms with Crippen molar-refractivity contribution in [1.82, 2.24) is 19.6 Å². The van der Waals surface area contributed by atoms with E-state index in [0.29, 0.717) is 5.92 Å². The molecular weight excluding hydrogens is 330 g/mol. The van der Waals surface area contributed by atoms with E-state index in [0.717, 1.165) is 54.2 Å². The predicted molar refractivity (Wildman–Crippen MR) is 97.7 cm³/mol. The van der Waals surface area contributed by atoms with E-state index in [1.165, 1.54) is 6.20 Å². The first-order chi connectivity index (χ1) is 12.5. The van der Waals surface area contributed by atoms with E-state index in [1.54, 1.807) is 18.5 Å². The molecule has 1 unspecified atom stereocenters. The first-order valence-corrected chi connectivity index (χ1v) is 8.76. The Kier molecular flexibility index (Phi) is 4.06. The standard InChI is InChI=1S/C19H21N5O2/c1-12-13(2)22-17-3-5-21-24(17)18(12)23-6-4-14(11-23)7-15-8-16(19(25)26)10-20-9-15/h3,5,8-10,14H,4,6-7,11H2,1-2H3,(H,25,26). The van der Waals surface area contributed by atoms with Crippen molar-refractivity contribution in [2.45, 2.75) is 26.7 Å². The Bertz CT molecular complexity index is 981. The first-order valence-electron chi connectivity index (χ1n) is 8.76. The topological polar surface area (TPSA) is 83.6 Å². The molecular formula is C19H21N5O2. The van der Waals surface area contributed by atoms with Crippen molar-refractivity contribution in [3.8, 4) is 0 Å². The third-order valence-corrected chi connectivity index (χ3v) is 5.14. The molecule has 4 rings (SSSR count). The molecule has 0 aliphatic carbocycles. The number of anilines is 1. The van der Waals surface area contributed by atoms with Crippen LogP contribution in [-0.2, 0) is 6.42 Å². The van der Waals surface area contributed by atoms with Gasteiger partial charge >= 0.3 is 5.97 Å². The Balaban J connectivity index is 1.56. The molecule has 7 nitrogen and oxygen atoms in total. The molecule has 0 radical (unpaired) electrons. The summed E-state index contributed by atoms with van der Waals surface area (Å²) in [6.07, 6.45) is 6.82. The van der Waals surface area contributed by atoms with Gasteiger partial charge in [0.2, 0.25) is 0 Å². The number of hydrogen-bond donors (Lipinski definition) is 1. The lowest BCUT2D eigenvalue weighted by Crippen LogP contribution is -2.25. The molecule has 0 spiro atoms. The summed E-state index contributed by atoms with van der Waals surface area (Å²) in [7, 11) is 0. The van der Waals surface area contributed by atoms with E-state index in [-0.39, 0.29) is 5.56 Å². The fraction of sp³-hybridized carbons (Fsp3) is 0.368. The van der Waals surface area contributed by atoms with Crippen LogP contribution in [0.3, 0.4) is 0 Å². The van der Waals surface area contributed by atoms with Crippen molar-refractivity contribution < 1.29 is 9.90 Å². The second-order valence-corrected chi connectivity index (χ2v) is 6.94. The zero-order valence-electron chi connectivity index (χ0n) is 14.9. The van der Waals surface area contributed by atoms with Crippen molar-refractivity contribution in [3.05, 3.63) is 53.1 Å². The summed E-state index contributed by atoms with van der Waals surface area (Å²) < 4.78 is 1.91. The minimum absolute atomic E-state index is 0.246. The number of aryl methyl sites for hydroxylation is 1. The van der Waals surface area contributed by atoms with Gasteiger partial charge in [0.25, 0.3) is 0 Å². The maximum atomic E-state index is 11.1. The Morgan fingerprint density at radius 3 is 3.00 bits per heavy atom. The van der Waals surface area contributed by atoms with E-state index in [4.69, 9.17) is 5.11 Å². The Morgan fingerprint density at radius 2 is 2.19 bits per heavy atom. The van der Waals surface area contributed by atoms with Crippen LogP contribution in [-0.4, -0.2) is 43.7 Å². The normalized spacial score (nSPS) is 17.2. The third kappa shape index (κ3) is 2.89. The SMILES string of the molecule is Cc1nc2ccnn2c(N2CCC(Cc3cncc(C(=O)O)c3)C2)c1C. The van der Waals surface area contributed by atoms with Gasteiger partial charge in [-0.3, -0.25) is 4.98 Å². The minimum Gasteiger partial charge on any atom is -0.478 e. The minimum atomic E-state index is -0.934. The van der Waals surface area contributed by atoms with Gasteiger partial charge < -0.3 is 10.0 Å². The molecule has 1 fully saturated rings. The molecule has 3 aromatic rings. The highest BCUT2D eigenvalue weighted by molar-refractivity contribution is 5.87. The van der Waals surface area contributed by atoms with E-state index in [9.17, 15) is 4.79 Å². The van der Waals surface area contributed by atoms with Crippen LogP contribution < -0.4 is 4.90 Å². The number of pyridine rings is 1. The summed E-state index contributed by atoms with van der Waals surface area (Å²) in [5.74, 6) is 0.632. The number of carbonyl (C=O) groups is 1. The monoisotopic (exact) mass is 351 g/mol. The second kappa shape index (κ2) is 6.40. The average molecular weight is 351 g/mol. The van der Waals surface area contributed by atoms with Crippen LogP contribution in [0, 0.1) is 19.8 Å². The predicted octanol–water partition coefficient (Wildman–Crippen LogP) is 2.51. The number of nitrogens with zero attached hydrogens (tertiary/aromatic N) is 5. The highest BCUT2D eigenvalue weighted by Gasteiger charge is 2.27. The van der Waals surface area contributed by atoms with Crippen molar-refractivity contribution in [2.75, 3.05) is 18.0 Å². The smallest absolute Gasteiger partial charge is 0.337 e. The summed E-state index contributed by atoms with van der Waals surface area (Å²) in [4.78, 5) is 22.2. The van der Waals surface area contributed by atoms with Crippen molar-refractivity contribution in [2.24, 2.45) is 5.92 Å². The fourth-order valence-corrected chi connectivity index (χ4v) is 3.73. The average Bonchev–Trinajstić information content (AvgIpc) is 3.25. The molecule has 134 valence electrons. The molecule has 1 N–H and O–H groups in total. The molecule has 0 aromatic carbocycles. The van der Waals surface area contributed by atoms with Gasteiger partial charge in [-0.1, -0.05) is 0 Å². The van der Waals surface area contributed by atoms with E-state index in [1.807, 2.05) is 17.5 Å². The van der Waals surface area contributed by atoms with Crippen LogP contribution in [0.1, 0.15) is 33.6 Å². The van der Waals surface area contributed by atoms with Gasteiger partial charge in [0.1, 0.15) is 5.82 Å². The van der Waals surface area contributed by atoms with Crippen LogP contribution in [0.5, 0.6) is 0 Å². The van der Waals surface area contributed by atoms with Gasteiger partial charge in [0.05, 0.1) is 11.8 Å². The summed E-state index contributed by atoms with van der Waals surface area (Å²) in [5.41, 5.74) is 4.26. The van der Waals surface area contributed by atoms with Gasteiger partial charge in [0, 0.05) is 42.8 Å². The second-order valence-electron chi connectivity index (χ2n) is 6.94. The van der Waals surface area contributed by atoms with Crippen LogP contribution >= 0.6 is 0 Å². The summed E-state index contributed by atoms with van der Waals surface area (Å²) in [5, 5.41) is 13.6. The van der Waals surface area contributed by atoms with Crippen LogP contribution in [0.15, 0.2) is 30.7 Å². The number of fused-ring (bicyclic) bond motifs is 1. The maximum Gasteiger partial charge on any atom is 0.337 e. The third-order valence-electron chi connectivity index (χ3n) is 5.14. The van der Waals surface area contributed by atoms with Crippen LogP contribution in [0.4, 0.5) is 5.82 Å². The molecule has 1 atom stereocenters. The molecule has 1 aliphatic heterocycles. The number of aromatic carboxylic acids is 1. The lowest BCUT2D eigenvalue weighted by Gasteiger charge is -2.22. The zero-order chi connectivity index (χ0) is 18.3. The maximum absolute atomic E-state index is 11.1. The van der Waals surface area contributed by atoms with Crippen molar-refractivity contribution >= 4 is 17.4 Å². The number of rotatable bonds is 4. The highest BCUT2D eigenvalue weighted by Crippen LogP contribution is 2.30. The van der Waals surface area contributed by atoms with Crippen LogP contribution in [0.2, 0.25) is 0 Å². The van der Waals surface area contributed by atoms with E-state index >= 15 is 0 Å². The van der Waals surface area contributed by atoms with Gasteiger partial charge in [-0.05, 0) is 44.2 Å². The molecule has 0 bridgehead atoms. The number of aromatic nitrogens is 4. The molecule has 1 aliphatic rings. The fourth-order valence-electron chi connectivity index (χ4n) is 3.73. The summed E-state index contributed by atoms with van der Waals surface area (Å²) in [6.45, 7) is 5.99. The van der Waals surface area contributed by atoms with Gasteiger partial charge in [-0.25, -0.2) is 9.78 Å². The summed E-state index contributed by atoms with van der Waals surface area (Å²) in [6, 6.07) is 3.65. The molecule has 7 heteroatoms. The molecule has 4 heterocycles. The lowest BCUT2D eigenvalue weighted by atomic mass is 9.99. The van der Waals surface area contributed by atoms with Crippen molar-refractivity contribution in [1.29, 1.82) is 0 Å².